The molecule has 1 heterocycles. The summed E-state index contributed by atoms with van der Waals surface area (Å²) in [4.78, 5) is 26.3. The molecular formula is C13H15N3O3S. The topological polar surface area (TPSA) is 75.9 Å². The third kappa shape index (κ3) is 2.57. The van der Waals surface area contributed by atoms with Crippen LogP contribution in [0.2, 0.25) is 0 Å². The largest absolute Gasteiger partial charge is 0.496 e. The van der Waals surface area contributed by atoms with Gasteiger partial charge in [0.1, 0.15) is 17.3 Å². The molecule has 1 fully saturated rings. The highest BCUT2D eigenvalue weighted by molar-refractivity contribution is 7.80. The highest BCUT2D eigenvalue weighted by Gasteiger charge is 2.33. The molecule has 0 aromatic heterocycles. The standard InChI is InChI=1S/C13H15N3O3S/c1-15-7-11(17)16(13(15)18)6-8-3-4-9(12(14)20)10(5-8)19-2/h3-5H,6-7H2,1-2H3,(H2,14,20). The van der Waals surface area contributed by atoms with E-state index in [1.807, 2.05) is 0 Å². The highest BCUT2D eigenvalue weighted by Crippen LogP contribution is 2.22. The van der Waals surface area contributed by atoms with Gasteiger partial charge >= 0.3 is 6.03 Å². The van der Waals surface area contributed by atoms with E-state index in [1.165, 1.54) is 16.9 Å². The third-order valence-electron chi connectivity index (χ3n) is 3.10. The maximum atomic E-state index is 11.8. The Balaban J connectivity index is 2.24. The number of carbonyl (C=O) groups is 2. The Morgan fingerprint density at radius 1 is 1.45 bits per heavy atom. The number of hydrogen-bond acceptors (Lipinski definition) is 4. The first-order valence-electron chi connectivity index (χ1n) is 5.96. The monoisotopic (exact) mass is 293 g/mol. The van der Waals surface area contributed by atoms with Crippen molar-refractivity contribution in [2.24, 2.45) is 5.73 Å². The van der Waals surface area contributed by atoms with Gasteiger partial charge in [-0.1, -0.05) is 18.3 Å². The normalized spacial score (nSPS) is 14.9. The number of nitrogens with zero attached hydrogens (tertiary/aromatic N) is 2. The summed E-state index contributed by atoms with van der Waals surface area (Å²) >= 11 is 4.93. The van der Waals surface area contributed by atoms with E-state index in [9.17, 15) is 9.59 Å². The smallest absolute Gasteiger partial charge is 0.327 e. The summed E-state index contributed by atoms with van der Waals surface area (Å²) in [5, 5.41) is 0. The lowest BCUT2D eigenvalue weighted by Crippen LogP contribution is -2.31. The Kier molecular flexibility index (Phi) is 3.89. The molecule has 2 N–H and O–H groups in total. The summed E-state index contributed by atoms with van der Waals surface area (Å²) in [5.74, 6) is 0.317. The molecule has 0 unspecified atom stereocenters. The minimum Gasteiger partial charge on any atom is -0.496 e. The lowest BCUT2D eigenvalue weighted by Gasteiger charge is -2.15. The van der Waals surface area contributed by atoms with Gasteiger partial charge in [0.2, 0.25) is 0 Å². The zero-order valence-electron chi connectivity index (χ0n) is 11.3. The van der Waals surface area contributed by atoms with Gasteiger partial charge in [0.15, 0.2) is 0 Å². The molecule has 1 aliphatic rings. The second kappa shape index (κ2) is 5.46. The summed E-state index contributed by atoms with van der Waals surface area (Å²) in [5.41, 5.74) is 7.00. The average Bonchev–Trinajstić information content (AvgIpc) is 2.65. The molecular weight excluding hydrogens is 278 g/mol. The van der Waals surface area contributed by atoms with Gasteiger partial charge in [-0.2, -0.15) is 0 Å². The number of urea groups is 1. The Bertz CT molecular complexity index is 588. The van der Waals surface area contributed by atoms with Crippen LogP contribution in [0, 0.1) is 0 Å². The quantitative estimate of drug-likeness (QED) is 0.654. The minimum absolute atomic E-state index is 0.112. The molecule has 0 bridgehead atoms. The number of nitrogens with two attached hydrogens (primary N) is 1. The number of carbonyl (C=O) groups excluding carboxylic acids is 2. The van der Waals surface area contributed by atoms with Crippen molar-refractivity contribution >= 4 is 29.1 Å². The van der Waals surface area contributed by atoms with E-state index in [2.05, 4.69) is 0 Å². The molecule has 1 aromatic rings. The second-order valence-electron chi connectivity index (χ2n) is 4.52. The van der Waals surface area contributed by atoms with Gasteiger partial charge in [-0.15, -0.1) is 0 Å². The van der Waals surface area contributed by atoms with Gasteiger partial charge < -0.3 is 15.4 Å². The first kappa shape index (κ1) is 14.3. The molecule has 6 nitrogen and oxygen atoms in total. The average molecular weight is 293 g/mol. The molecule has 0 spiro atoms. The number of rotatable bonds is 4. The van der Waals surface area contributed by atoms with Crippen LogP contribution in [-0.4, -0.2) is 47.4 Å². The lowest BCUT2D eigenvalue weighted by molar-refractivity contribution is -0.125. The third-order valence-corrected chi connectivity index (χ3v) is 3.32. The fourth-order valence-corrected chi connectivity index (χ4v) is 2.21. The number of amides is 3. The molecule has 0 radical (unpaired) electrons. The maximum Gasteiger partial charge on any atom is 0.327 e. The van der Waals surface area contributed by atoms with Crippen LogP contribution in [0.25, 0.3) is 0 Å². The zero-order valence-corrected chi connectivity index (χ0v) is 12.1. The summed E-state index contributed by atoms with van der Waals surface area (Å²) in [6, 6.07) is 4.93. The number of ether oxygens (including phenoxy) is 1. The lowest BCUT2D eigenvalue weighted by atomic mass is 10.1. The van der Waals surface area contributed by atoms with Crippen molar-refractivity contribution in [3.63, 3.8) is 0 Å². The molecule has 1 saturated heterocycles. The number of methoxy groups -OCH3 is 1. The van der Waals surface area contributed by atoms with Gasteiger partial charge in [0, 0.05) is 7.05 Å². The van der Waals surface area contributed by atoms with Crippen molar-refractivity contribution in [3.05, 3.63) is 29.3 Å². The Morgan fingerprint density at radius 2 is 2.15 bits per heavy atom. The fraction of sp³-hybridized carbons (Fsp3) is 0.308. The maximum absolute atomic E-state index is 11.8. The number of thiocarbonyl (C=S) groups is 1. The van der Waals surface area contributed by atoms with Crippen LogP contribution in [0.1, 0.15) is 11.1 Å². The molecule has 0 atom stereocenters. The van der Waals surface area contributed by atoms with Crippen molar-refractivity contribution in [2.45, 2.75) is 6.54 Å². The van der Waals surface area contributed by atoms with E-state index >= 15 is 0 Å². The van der Waals surface area contributed by atoms with E-state index in [1.54, 1.807) is 25.2 Å². The molecule has 7 heteroatoms. The Hall–Kier alpha value is -2.15. The van der Waals surface area contributed by atoms with Crippen LogP contribution >= 0.6 is 12.2 Å². The van der Waals surface area contributed by atoms with Gasteiger partial charge in [-0.3, -0.25) is 9.69 Å². The van der Waals surface area contributed by atoms with E-state index in [0.717, 1.165) is 5.56 Å². The van der Waals surface area contributed by atoms with Crippen LogP contribution in [0.3, 0.4) is 0 Å². The van der Waals surface area contributed by atoms with E-state index in [0.29, 0.717) is 11.3 Å². The molecule has 0 aliphatic carbocycles. The molecule has 0 saturated carbocycles. The zero-order chi connectivity index (χ0) is 14.9. The van der Waals surface area contributed by atoms with Gasteiger partial charge in [-0.25, -0.2) is 4.79 Å². The van der Waals surface area contributed by atoms with Crippen LogP contribution < -0.4 is 10.5 Å². The number of imide groups is 1. The summed E-state index contributed by atoms with van der Waals surface area (Å²) in [6.45, 7) is 0.316. The number of benzene rings is 1. The van der Waals surface area contributed by atoms with E-state index < -0.39 is 0 Å². The molecule has 106 valence electrons. The van der Waals surface area contributed by atoms with Crippen molar-refractivity contribution < 1.29 is 14.3 Å². The van der Waals surface area contributed by atoms with Crippen molar-refractivity contribution in [1.82, 2.24) is 9.80 Å². The SMILES string of the molecule is COc1cc(CN2C(=O)CN(C)C2=O)ccc1C(N)=S. The van der Waals surface area contributed by atoms with Gasteiger partial charge in [0.05, 0.1) is 19.2 Å². The predicted molar refractivity (Wildman–Crippen MR) is 77.5 cm³/mol. The van der Waals surface area contributed by atoms with E-state index in [4.69, 9.17) is 22.7 Å². The molecule has 20 heavy (non-hydrogen) atoms. The first-order valence-corrected chi connectivity index (χ1v) is 6.37. The Morgan fingerprint density at radius 3 is 2.65 bits per heavy atom. The molecule has 1 aliphatic heterocycles. The van der Waals surface area contributed by atoms with Crippen molar-refractivity contribution in [3.8, 4) is 5.75 Å². The first-order chi connectivity index (χ1) is 9.43. The number of likely N-dealkylation sites (N-methyl/N-ethyl adjacent to an activating group) is 1. The summed E-state index contributed by atoms with van der Waals surface area (Å²) in [6.07, 6.45) is 0. The predicted octanol–water partition coefficient (Wildman–Crippen LogP) is 0.723. The molecule has 1 aromatic carbocycles. The van der Waals surface area contributed by atoms with Crippen LogP contribution in [-0.2, 0) is 11.3 Å². The van der Waals surface area contributed by atoms with Crippen LogP contribution in [0.5, 0.6) is 5.75 Å². The summed E-state index contributed by atoms with van der Waals surface area (Å²) < 4.78 is 5.22. The number of hydrogen-bond donors (Lipinski definition) is 1. The van der Waals surface area contributed by atoms with E-state index in [-0.39, 0.29) is 30.0 Å². The Labute approximate surface area is 122 Å². The van der Waals surface area contributed by atoms with Crippen molar-refractivity contribution in [1.29, 1.82) is 0 Å². The minimum atomic E-state index is -0.299. The van der Waals surface area contributed by atoms with Crippen LogP contribution in [0.15, 0.2) is 18.2 Å². The fourth-order valence-electron chi connectivity index (χ4n) is 2.04. The summed E-state index contributed by atoms with van der Waals surface area (Å²) in [7, 11) is 3.11. The molecule has 3 amide bonds. The molecule has 2 rings (SSSR count). The van der Waals surface area contributed by atoms with Crippen molar-refractivity contribution in [2.75, 3.05) is 20.7 Å². The second-order valence-corrected chi connectivity index (χ2v) is 4.96. The highest BCUT2D eigenvalue weighted by atomic mass is 32.1. The van der Waals surface area contributed by atoms with Gasteiger partial charge in [0.25, 0.3) is 5.91 Å². The van der Waals surface area contributed by atoms with Crippen LogP contribution in [0.4, 0.5) is 4.79 Å². The van der Waals surface area contributed by atoms with Gasteiger partial charge in [-0.05, 0) is 17.7 Å².